The van der Waals surface area contributed by atoms with Crippen molar-refractivity contribution in [3.05, 3.63) is 28.8 Å². The van der Waals surface area contributed by atoms with Crippen LogP contribution in [0.4, 0.5) is 0 Å². The predicted octanol–water partition coefficient (Wildman–Crippen LogP) is 1.79. The molecule has 6 heteroatoms. The van der Waals surface area contributed by atoms with Gasteiger partial charge in [0.2, 0.25) is 5.91 Å². The van der Waals surface area contributed by atoms with Crippen LogP contribution >= 0.6 is 0 Å². The molecule has 0 spiro atoms. The molecule has 1 aromatic rings. The number of hydrogen-bond donors (Lipinski definition) is 1. The van der Waals surface area contributed by atoms with Gasteiger partial charge in [-0.25, -0.2) is 0 Å². The molecular formula is C18H26BNO4. The first-order chi connectivity index (χ1) is 11.1. The van der Waals surface area contributed by atoms with Crippen molar-refractivity contribution >= 4 is 18.5 Å². The maximum Gasteiger partial charge on any atom is 0.494 e. The minimum atomic E-state index is -0.376. The van der Waals surface area contributed by atoms with E-state index < -0.39 is 0 Å². The molecular weight excluding hydrogens is 305 g/mol. The van der Waals surface area contributed by atoms with Gasteiger partial charge < -0.3 is 19.4 Å². The number of nitrogens with one attached hydrogen (secondary N) is 1. The monoisotopic (exact) mass is 331 g/mol. The smallest absolute Gasteiger partial charge is 0.399 e. The van der Waals surface area contributed by atoms with Crippen LogP contribution in [0, 0.1) is 13.8 Å². The van der Waals surface area contributed by atoms with Crippen LogP contribution in [-0.2, 0) is 18.8 Å². The third kappa shape index (κ3) is 2.98. The molecule has 0 aromatic heterocycles. The first-order valence-corrected chi connectivity index (χ1v) is 8.44. The van der Waals surface area contributed by atoms with Crippen molar-refractivity contribution in [2.24, 2.45) is 0 Å². The van der Waals surface area contributed by atoms with Gasteiger partial charge in [0, 0.05) is 0 Å². The number of aryl methyl sites for hydroxylation is 2. The van der Waals surface area contributed by atoms with Gasteiger partial charge in [0.25, 0.3) is 0 Å². The number of ether oxygens (including phenoxy) is 1. The standard InChI is InChI=1S/C18H26BNO4/c1-11-7-13(19-23-17(3,4)18(5,6)24-19)8-12(2)16(11)14-9-22-10-15(21)20-14/h7-8,14H,9-10H2,1-6H3,(H,20,21). The van der Waals surface area contributed by atoms with Crippen LogP contribution in [0.1, 0.15) is 50.4 Å². The normalized spacial score (nSPS) is 25.7. The van der Waals surface area contributed by atoms with Gasteiger partial charge >= 0.3 is 7.12 Å². The summed E-state index contributed by atoms with van der Waals surface area (Å²) in [4.78, 5) is 11.6. The molecule has 2 saturated heterocycles. The number of hydrogen-bond acceptors (Lipinski definition) is 4. The van der Waals surface area contributed by atoms with Crippen LogP contribution < -0.4 is 10.8 Å². The Labute approximate surface area is 144 Å². The molecule has 1 atom stereocenters. The Morgan fingerprint density at radius 3 is 2.12 bits per heavy atom. The molecule has 1 unspecified atom stereocenters. The van der Waals surface area contributed by atoms with Gasteiger partial charge in [-0.05, 0) is 63.7 Å². The Balaban J connectivity index is 1.90. The van der Waals surface area contributed by atoms with Gasteiger partial charge in [-0.2, -0.15) is 0 Å². The topological polar surface area (TPSA) is 56.8 Å². The van der Waals surface area contributed by atoms with Crippen molar-refractivity contribution in [2.75, 3.05) is 13.2 Å². The molecule has 2 fully saturated rings. The van der Waals surface area contributed by atoms with Gasteiger partial charge in [0.1, 0.15) is 6.61 Å². The molecule has 0 bridgehead atoms. The van der Waals surface area contributed by atoms with Crippen LogP contribution in [0.15, 0.2) is 12.1 Å². The molecule has 5 nitrogen and oxygen atoms in total. The zero-order valence-electron chi connectivity index (χ0n) is 15.4. The van der Waals surface area contributed by atoms with Crippen molar-refractivity contribution in [1.82, 2.24) is 5.32 Å². The molecule has 3 rings (SSSR count). The Hall–Kier alpha value is -1.37. The minimum absolute atomic E-state index is 0.0694. The lowest BCUT2D eigenvalue weighted by atomic mass is 9.76. The highest BCUT2D eigenvalue weighted by Gasteiger charge is 2.51. The molecule has 0 radical (unpaired) electrons. The fraction of sp³-hybridized carbons (Fsp3) is 0.611. The molecule has 2 aliphatic rings. The number of benzene rings is 1. The summed E-state index contributed by atoms with van der Waals surface area (Å²) in [7, 11) is -0.376. The highest BCUT2D eigenvalue weighted by atomic mass is 16.7. The molecule has 2 heterocycles. The molecule has 130 valence electrons. The van der Waals surface area contributed by atoms with E-state index in [2.05, 4.69) is 59.0 Å². The fourth-order valence-electron chi connectivity index (χ4n) is 3.38. The van der Waals surface area contributed by atoms with Crippen molar-refractivity contribution < 1.29 is 18.8 Å². The van der Waals surface area contributed by atoms with Crippen molar-refractivity contribution in [3.8, 4) is 0 Å². The number of carbonyl (C=O) groups excluding carboxylic acids is 1. The second-order valence-electron chi connectivity index (χ2n) is 7.79. The fourth-order valence-corrected chi connectivity index (χ4v) is 3.38. The number of amides is 1. The molecule has 1 amide bonds. The third-order valence-corrected chi connectivity index (χ3v) is 5.34. The molecule has 0 saturated carbocycles. The summed E-state index contributed by atoms with van der Waals surface area (Å²) in [5.74, 6) is -0.0694. The first kappa shape index (κ1) is 17.5. The maximum atomic E-state index is 11.6. The Morgan fingerprint density at radius 1 is 1.08 bits per heavy atom. The average Bonchev–Trinajstić information content (AvgIpc) is 2.67. The van der Waals surface area contributed by atoms with Gasteiger partial charge in [-0.1, -0.05) is 12.1 Å². The summed E-state index contributed by atoms with van der Waals surface area (Å²) in [5, 5.41) is 3.00. The van der Waals surface area contributed by atoms with Crippen molar-refractivity contribution in [3.63, 3.8) is 0 Å². The van der Waals surface area contributed by atoms with E-state index in [1.807, 2.05) is 0 Å². The lowest BCUT2D eigenvalue weighted by Crippen LogP contribution is -2.41. The summed E-state index contributed by atoms with van der Waals surface area (Å²) in [6, 6.07) is 4.08. The van der Waals surface area contributed by atoms with Gasteiger partial charge in [-0.3, -0.25) is 4.79 Å². The Kier molecular flexibility index (Phi) is 4.27. The molecule has 24 heavy (non-hydrogen) atoms. The van der Waals surface area contributed by atoms with Crippen LogP contribution in [-0.4, -0.2) is 37.4 Å². The van der Waals surface area contributed by atoms with E-state index in [-0.39, 0.29) is 36.9 Å². The Bertz CT molecular complexity index is 632. The molecule has 1 N–H and O–H groups in total. The summed E-state index contributed by atoms with van der Waals surface area (Å²) < 4.78 is 17.7. The zero-order chi connectivity index (χ0) is 17.7. The largest absolute Gasteiger partial charge is 0.494 e. The third-order valence-electron chi connectivity index (χ3n) is 5.34. The number of morpholine rings is 1. The van der Waals surface area contributed by atoms with Crippen LogP contribution in [0.3, 0.4) is 0 Å². The van der Waals surface area contributed by atoms with E-state index in [9.17, 15) is 4.79 Å². The minimum Gasteiger partial charge on any atom is -0.399 e. The van der Waals surface area contributed by atoms with Gasteiger partial charge in [0.15, 0.2) is 0 Å². The first-order valence-electron chi connectivity index (χ1n) is 8.44. The van der Waals surface area contributed by atoms with Crippen LogP contribution in [0.2, 0.25) is 0 Å². The highest BCUT2D eigenvalue weighted by molar-refractivity contribution is 6.62. The van der Waals surface area contributed by atoms with E-state index in [4.69, 9.17) is 14.0 Å². The Morgan fingerprint density at radius 2 is 1.62 bits per heavy atom. The van der Waals surface area contributed by atoms with E-state index in [1.165, 1.54) is 0 Å². The summed E-state index contributed by atoms with van der Waals surface area (Å²) in [6.07, 6.45) is 0. The van der Waals surface area contributed by atoms with Gasteiger partial charge in [-0.15, -0.1) is 0 Å². The predicted molar refractivity (Wildman–Crippen MR) is 93.3 cm³/mol. The molecule has 0 aliphatic carbocycles. The zero-order valence-corrected chi connectivity index (χ0v) is 15.4. The van der Waals surface area contributed by atoms with Gasteiger partial charge in [0.05, 0.1) is 23.9 Å². The lowest BCUT2D eigenvalue weighted by molar-refractivity contribution is -0.131. The maximum absolute atomic E-state index is 11.6. The second kappa shape index (κ2) is 5.86. The van der Waals surface area contributed by atoms with Crippen LogP contribution in [0.25, 0.3) is 0 Å². The van der Waals surface area contributed by atoms with Crippen molar-refractivity contribution in [1.29, 1.82) is 0 Å². The van der Waals surface area contributed by atoms with E-state index in [0.29, 0.717) is 6.61 Å². The quantitative estimate of drug-likeness (QED) is 0.840. The van der Waals surface area contributed by atoms with Crippen LogP contribution in [0.5, 0.6) is 0 Å². The summed E-state index contributed by atoms with van der Waals surface area (Å²) >= 11 is 0. The van der Waals surface area contributed by atoms with E-state index >= 15 is 0 Å². The SMILES string of the molecule is Cc1cc(B2OC(C)(C)C(C)(C)O2)cc(C)c1C1COCC(=O)N1. The number of rotatable bonds is 2. The average molecular weight is 331 g/mol. The number of carbonyl (C=O) groups is 1. The highest BCUT2D eigenvalue weighted by Crippen LogP contribution is 2.36. The summed E-state index contributed by atoms with van der Waals surface area (Å²) in [5.41, 5.74) is 3.62. The molecule has 2 aliphatic heterocycles. The lowest BCUT2D eigenvalue weighted by Gasteiger charge is -2.32. The van der Waals surface area contributed by atoms with E-state index in [0.717, 1.165) is 22.2 Å². The second-order valence-corrected chi connectivity index (χ2v) is 7.79. The van der Waals surface area contributed by atoms with Crippen molar-refractivity contribution in [2.45, 2.75) is 58.8 Å². The van der Waals surface area contributed by atoms with E-state index in [1.54, 1.807) is 0 Å². The molecule has 1 aromatic carbocycles. The summed E-state index contributed by atoms with van der Waals surface area (Å²) in [6.45, 7) is 13.0.